The molecular formula is C29H39N5O2. The van der Waals surface area contributed by atoms with Crippen molar-refractivity contribution < 1.29 is 9.90 Å². The van der Waals surface area contributed by atoms with Gasteiger partial charge in [0.05, 0.1) is 17.8 Å². The fourth-order valence-corrected chi connectivity index (χ4v) is 4.99. The number of fused-ring (bicyclic) bond motifs is 1. The summed E-state index contributed by atoms with van der Waals surface area (Å²) in [6.45, 7) is 7.89. The van der Waals surface area contributed by atoms with Crippen molar-refractivity contribution >= 4 is 17.6 Å². The third-order valence-electron chi connectivity index (χ3n) is 7.08. The molecule has 1 aliphatic rings. The van der Waals surface area contributed by atoms with Crippen molar-refractivity contribution in [2.24, 2.45) is 0 Å². The highest BCUT2D eigenvalue weighted by Crippen LogP contribution is 2.27. The number of carbonyl (C=O) groups excluding carboxylic acids is 1. The van der Waals surface area contributed by atoms with E-state index in [0.29, 0.717) is 38.9 Å². The number of benzene rings is 1. The van der Waals surface area contributed by atoms with Crippen LogP contribution in [-0.4, -0.2) is 74.7 Å². The largest absolute Gasteiger partial charge is 0.389 e. The Balaban J connectivity index is 1.37. The lowest BCUT2D eigenvalue weighted by molar-refractivity contribution is -0.135. The zero-order valence-corrected chi connectivity index (χ0v) is 22.3. The Morgan fingerprint density at radius 1 is 1.17 bits per heavy atom. The maximum absolute atomic E-state index is 12.3. The summed E-state index contributed by atoms with van der Waals surface area (Å²) in [6, 6.07) is 10.6. The molecule has 0 spiro atoms. The van der Waals surface area contributed by atoms with Gasteiger partial charge in [-0.15, -0.1) is 0 Å². The normalized spacial score (nSPS) is 15.9. The molecule has 1 fully saturated rings. The molecule has 4 rings (SSSR count). The summed E-state index contributed by atoms with van der Waals surface area (Å²) in [7, 11) is 3.80. The Labute approximate surface area is 214 Å². The molecule has 7 nitrogen and oxygen atoms in total. The molecule has 1 amide bonds. The summed E-state index contributed by atoms with van der Waals surface area (Å²) < 4.78 is 1.96. The van der Waals surface area contributed by atoms with Gasteiger partial charge in [0, 0.05) is 36.5 Å². The van der Waals surface area contributed by atoms with Gasteiger partial charge in [0.25, 0.3) is 0 Å². The molecule has 1 aliphatic heterocycles. The predicted octanol–water partition coefficient (Wildman–Crippen LogP) is 3.82. The van der Waals surface area contributed by atoms with Crippen LogP contribution < -0.4 is 0 Å². The number of likely N-dealkylation sites (tertiary alicyclic amines) is 1. The van der Waals surface area contributed by atoms with Crippen LogP contribution in [-0.2, 0) is 17.6 Å². The first kappa shape index (κ1) is 26.0. The Bertz CT molecular complexity index is 1230. The summed E-state index contributed by atoms with van der Waals surface area (Å²) in [5, 5.41) is 15.8. The smallest absolute Gasteiger partial charge is 0.236 e. The summed E-state index contributed by atoms with van der Waals surface area (Å²) >= 11 is 0. The monoisotopic (exact) mass is 489 g/mol. The summed E-state index contributed by atoms with van der Waals surface area (Å²) in [5.74, 6) is 0.133. The fraction of sp³-hybridized carbons (Fsp3) is 0.483. The summed E-state index contributed by atoms with van der Waals surface area (Å²) in [6.07, 6.45) is 7.63. The lowest BCUT2D eigenvalue weighted by atomic mass is 9.88. The van der Waals surface area contributed by atoms with Crippen LogP contribution in [0.3, 0.4) is 0 Å². The van der Waals surface area contributed by atoms with E-state index < -0.39 is 5.60 Å². The molecule has 0 radical (unpaired) electrons. The first-order valence-corrected chi connectivity index (χ1v) is 12.9. The van der Waals surface area contributed by atoms with Gasteiger partial charge in [-0.2, -0.15) is 5.10 Å². The third kappa shape index (κ3) is 6.02. The van der Waals surface area contributed by atoms with Crippen LogP contribution in [0, 0.1) is 13.8 Å². The van der Waals surface area contributed by atoms with E-state index in [4.69, 9.17) is 10.1 Å². The van der Waals surface area contributed by atoms with Crippen LogP contribution in [0.15, 0.2) is 36.4 Å². The number of aliphatic hydroxyl groups is 1. The average Bonchev–Trinajstić information content (AvgIpc) is 3.17. The standard InChI is InChI=1S/C29H39N5O2/c1-6-26-25(28-30-21(2)18-22(3)34(28)31-26)19-24-11-9-23(10-12-24)8-7-13-29(36)14-16-33(17-15-29)27(35)20-32(4)5/h7-12,18,36H,6,13-17,19-20H2,1-5H3/b8-7+. The number of aryl methyl sites for hydroxylation is 3. The van der Waals surface area contributed by atoms with Gasteiger partial charge in [0.1, 0.15) is 0 Å². The van der Waals surface area contributed by atoms with E-state index in [1.807, 2.05) is 35.3 Å². The maximum atomic E-state index is 12.3. The van der Waals surface area contributed by atoms with Crippen molar-refractivity contribution in [3.8, 4) is 0 Å². The van der Waals surface area contributed by atoms with E-state index in [0.717, 1.165) is 41.1 Å². The molecule has 36 heavy (non-hydrogen) atoms. The van der Waals surface area contributed by atoms with Crippen molar-refractivity contribution in [2.75, 3.05) is 33.7 Å². The van der Waals surface area contributed by atoms with E-state index in [9.17, 15) is 9.90 Å². The Morgan fingerprint density at radius 2 is 1.86 bits per heavy atom. The molecule has 192 valence electrons. The number of amides is 1. The Hall–Kier alpha value is -3.03. The van der Waals surface area contributed by atoms with Crippen LogP contribution >= 0.6 is 0 Å². The van der Waals surface area contributed by atoms with Gasteiger partial charge in [0.2, 0.25) is 5.91 Å². The molecule has 0 aliphatic carbocycles. The quantitative estimate of drug-likeness (QED) is 0.521. The predicted molar refractivity (Wildman–Crippen MR) is 144 cm³/mol. The zero-order chi connectivity index (χ0) is 25.9. The average molecular weight is 490 g/mol. The highest BCUT2D eigenvalue weighted by atomic mass is 16.3. The number of nitrogens with zero attached hydrogens (tertiary/aromatic N) is 5. The fourth-order valence-electron chi connectivity index (χ4n) is 4.99. The first-order chi connectivity index (χ1) is 17.2. The molecule has 1 aromatic carbocycles. The highest BCUT2D eigenvalue weighted by Gasteiger charge is 2.32. The SMILES string of the molecule is CCc1nn2c(C)cc(C)nc2c1Cc1ccc(/C=C/CC2(O)CCN(C(=O)CN(C)C)CC2)cc1. The van der Waals surface area contributed by atoms with Gasteiger partial charge < -0.3 is 14.9 Å². The summed E-state index contributed by atoms with van der Waals surface area (Å²) in [5.41, 5.74) is 6.97. The van der Waals surface area contributed by atoms with E-state index in [2.05, 4.69) is 56.3 Å². The van der Waals surface area contributed by atoms with E-state index in [-0.39, 0.29) is 5.91 Å². The molecule has 0 atom stereocenters. The molecular weight excluding hydrogens is 450 g/mol. The lowest BCUT2D eigenvalue weighted by Gasteiger charge is -2.38. The number of piperidine rings is 1. The number of likely N-dealkylation sites (N-methyl/N-ethyl adjacent to an activating group) is 1. The van der Waals surface area contributed by atoms with Gasteiger partial charge in [-0.1, -0.05) is 43.3 Å². The lowest BCUT2D eigenvalue weighted by Crippen LogP contribution is -2.48. The van der Waals surface area contributed by atoms with Crippen LogP contribution in [0.2, 0.25) is 0 Å². The minimum absolute atomic E-state index is 0.133. The van der Waals surface area contributed by atoms with Crippen LogP contribution in [0.5, 0.6) is 0 Å². The first-order valence-electron chi connectivity index (χ1n) is 12.9. The van der Waals surface area contributed by atoms with Crippen molar-refractivity contribution in [1.82, 2.24) is 24.4 Å². The van der Waals surface area contributed by atoms with E-state index in [1.54, 1.807) is 0 Å². The van der Waals surface area contributed by atoms with Crippen LogP contribution in [0.4, 0.5) is 0 Å². The number of hydrogen-bond donors (Lipinski definition) is 1. The van der Waals surface area contributed by atoms with Gasteiger partial charge in [-0.05, 0) is 70.8 Å². The number of aromatic nitrogens is 3. The molecule has 0 bridgehead atoms. The Morgan fingerprint density at radius 3 is 2.50 bits per heavy atom. The second-order valence-corrected chi connectivity index (χ2v) is 10.4. The molecule has 3 aromatic rings. The van der Waals surface area contributed by atoms with Crippen molar-refractivity contribution in [3.05, 3.63) is 70.2 Å². The second kappa shape index (κ2) is 10.9. The number of rotatable bonds is 8. The molecule has 0 unspecified atom stereocenters. The minimum atomic E-state index is -0.741. The second-order valence-electron chi connectivity index (χ2n) is 10.4. The molecule has 1 N–H and O–H groups in total. The highest BCUT2D eigenvalue weighted by molar-refractivity contribution is 5.78. The van der Waals surface area contributed by atoms with Crippen LogP contribution in [0.25, 0.3) is 11.7 Å². The molecule has 2 aromatic heterocycles. The minimum Gasteiger partial charge on any atom is -0.389 e. The van der Waals surface area contributed by atoms with Crippen LogP contribution in [0.1, 0.15) is 60.0 Å². The summed E-state index contributed by atoms with van der Waals surface area (Å²) in [4.78, 5) is 20.8. The molecule has 1 saturated heterocycles. The molecule has 0 saturated carbocycles. The molecule has 7 heteroatoms. The van der Waals surface area contributed by atoms with Gasteiger partial charge in [0.15, 0.2) is 5.65 Å². The van der Waals surface area contributed by atoms with Gasteiger partial charge >= 0.3 is 0 Å². The van der Waals surface area contributed by atoms with E-state index in [1.165, 1.54) is 11.1 Å². The van der Waals surface area contributed by atoms with Crippen molar-refractivity contribution in [3.63, 3.8) is 0 Å². The van der Waals surface area contributed by atoms with Gasteiger partial charge in [-0.3, -0.25) is 4.79 Å². The Kier molecular flexibility index (Phi) is 7.91. The number of hydrogen-bond acceptors (Lipinski definition) is 5. The maximum Gasteiger partial charge on any atom is 0.236 e. The third-order valence-corrected chi connectivity index (χ3v) is 7.08. The van der Waals surface area contributed by atoms with Crippen molar-refractivity contribution in [2.45, 2.75) is 58.5 Å². The number of carbonyl (C=O) groups is 1. The zero-order valence-electron chi connectivity index (χ0n) is 22.3. The molecule has 3 heterocycles. The van der Waals surface area contributed by atoms with E-state index >= 15 is 0 Å². The van der Waals surface area contributed by atoms with Crippen molar-refractivity contribution in [1.29, 1.82) is 0 Å². The van der Waals surface area contributed by atoms with Gasteiger partial charge in [-0.25, -0.2) is 9.50 Å². The topological polar surface area (TPSA) is 74.0 Å².